The summed E-state index contributed by atoms with van der Waals surface area (Å²) in [5.41, 5.74) is 1.86. The molecule has 1 aromatic carbocycles. The molecule has 0 amide bonds. The van der Waals surface area contributed by atoms with E-state index in [4.69, 9.17) is 10.00 Å². The van der Waals surface area contributed by atoms with Crippen molar-refractivity contribution in [3.8, 4) is 6.07 Å². The number of nitrogens with one attached hydrogen (secondary N) is 1. The summed E-state index contributed by atoms with van der Waals surface area (Å²) in [5, 5.41) is 12.2. The fourth-order valence-electron chi connectivity index (χ4n) is 1.53. The van der Waals surface area contributed by atoms with Crippen molar-refractivity contribution in [1.82, 2.24) is 5.32 Å². The highest BCUT2D eigenvalue weighted by molar-refractivity contribution is 5.33. The van der Waals surface area contributed by atoms with E-state index < -0.39 is 0 Å². The van der Waals surface area contributed by atoms with E-state index in [2.05, 4.69) is 18.3 Å². The molecule has 0 bridgehead atoms. The maximum Gasteiger partial charge on any atom is 0.0991 e. The number of hydrogen-bond donors (Lipinski definition) is 1. The van der Waals surface area contributed by atoms with E-state index in [1.807, 2.05) is 24.3 Å². The molecule has 0 radical (unpaired) electrons. The Morgan fingerprint density at radius 1 is 1.50 bits per heavy atom. The quantitative estimate of drug-likeness (QED) is 0.745. The van der Waals surface area contributed by atoms with E-state index in [0.717, 1.165) is 25.1 Å². The molecule has 1 aromatic rings. The minimum atomic E-state index is 0.269. The van der Waals surface area contributed by atoms with E-state index >= 15 is 0 Å². The van der Waals surface area contributed by atoms with Gasteiger partial charge in [-0.25, -0.2) is 0 Å². The van der Waals surface area contributed by atoms with Gasteiger partial charge in [0.2, 0.25) is 0 Å². The summed E-state index contributed by atoms with van der Waals surface area (Å²) in [7, 11) is 1.71. The molecular weight excluding hydrogens is 200 g/mol. The Balaban J connectivity index is 2.46. The van der Waals surface area contributed by atoms with Crippen molar-refractivity contribution < 1.29 is 4.74 Å². The molecule has 0 saturated carbocycles. The van der Waals surface area contributed by atoms with Gasteiger partial charge in [0.05, 0.1) is 11.6 Å². The molecule has 0 aliphatic heterocycles. The molecule has 0 aliphatic rings. The van der Waals surface area contributed by atoms with Crippen molar-refractivity contribution >= 4 is 0 Å². The summed E-state index contributed by atoms with van der Waals surface area (Å²) in [6.45, 7) is 3.80. The van der Waals surface area contributed by atoms with Gasteiger partial charge in [-0.1, -0.05) is 12.1 Å². The average molecular weight is 218 g/mol. The average Bonchev–Trinajstić information content (AvgIpc) is 2.34. The molecule has 1 atom stereocenters. The molecule has 1 unspecified atom stereocenters. The SMILES string of the molecule is COCCCNC(C)c1cccc(C#N)c1. The molecule has 3 nitrogen and oxygen atoms in total. The second-order valence-corrected chi connectivity index (χ2v) is 3.76. The smallest absolute Gasteiger partial charge is 0.0991 e. The number of hydrogen-bond acceptors (Lipinski definition) is 3. The largest absolute Gasteiger partial charge is 0.385 e. The van der Waals surface area contributed by atoms with Crippen LogP contribution in [0.15, 0.2) is 24.3 Å². The Kier molecular flexibility index (Phi) is 5.55. The van der Waals surface area contributed by atoms with Gasteiger partial charge in [-0.3, -0.25) is 0 Å². The Hall–Kier alpha value is -1.37. The lowest BCUT2D eigenvalue weighted by Crippen LogP contribution is -2.20. The topological polar surface area (TPSA) is 45.0 Å². The summed E-state index contributed by atoms with van der Waals surface area (Å²) in [6, 6.07) is 10.1. The summed E-state index contributed by atoms with van der Waals surface area (Å²) < 4.78 is 4.98. The van der Waals surface area contributed by atoms with Crippen LogP contribution < -0.4 is 5.32 Å². The maximum atomic E-state index is 8.80. The van der Waals surface area contributed by atoms with E-state index in [-0.39, 0.29) is 6.04 Å². The van der Waals surface area contributed by atoms with E-state index in [1.165, 1.54) is 0 Å². The van der Waals surface area contributed by atoms with Gasteiger partial charge in [-0.2, -0.15) is 5.26 Å². The molecule has 16 heavy (non-hydrogen) atoms. The second-order valence-electron chi connectivity index (χ2n) is 3.76. The summed E-state index contributed by atoms with van der Waals surface area (Å²) in [4.78, 5) is 0. The van der Waals surface area contributed by atoms with Gasteiger partial charge in [0.15, 0.2) is 0 Å². The van der Waals surface area contributed by atoms with E-state index in [0.29, 0.717) is 5.56 Å². The number of rotatable bonds is 6. The van der Waals surface area contributed by atoms with Gasteiger partial charge >= 0.3 is 0 Å². The first-order chi connectivity index (χ1) is 7.77. The van der Waals surface area contributed by atoms with Crippen LogP contribution in [0.5, 0.6) is 0 Å². The van der Waals surface area contributed by atoms with Crippen LogP contribution in [-0.4, -0.2) is 20.3 Å². The fourth-order valence-corrected chi connectivity index (χ4v) is 1.53. The molecule has 1 N–H and O–H groups in total. The van der Waals surface area contributed by atoms with Crippen LogP contribution in [0.3, 0.4) is 0 Å². The lowest BCUT2D eigenvalue weighted by Gasteiger charge is -2.14. The third kappa shape index (κ3) is 4.01. The lowest BCUT2D eigenvalue weighted by molar-refractivity contribution is 0.193. The van der Waals surface area contributed by atoms with Gasteiger partial charge < -0.3 is 10.1 Å². The normalized spacial score (nSPS) is 12.1. The van der Waals surface area contributed by atoms with Crippen LogP contribution in [-0.2, 0) is 4.74 Å². The highest BCUT2D eigenvalue weighted by Gasteiger charge is 2.04. The molecule has 0 aromatic heterocycles. The number of ether oxygens (including phenoxy) is 1. The number of benzene rings is 1. The van der Waals surface area contributed by atoms with Crippen LogP contribution in [0.4, 0.5) is 0 Å². The zero-order chi connectivity index (χ0) is 11.8. The third-order valence-electron chi connectivity index (χ3n) is 2.49. The van der Waals surface area contributed by atoms with Crippen molar-refractivity contribution in [2.75, 3.05) is 20.3 Å². The highest BCUT2D eigenvalue weighted by Crippen LogP contribution is 2.13. The molecule has 1 rings (SSSR count). The number of nitrogens with zero attached hydrogens (tertiary/aromatic N) is 1. The van der Waals surface area contributed by atoms with Crippen LogP contribution in [0.2, 0.25) is 0 Å². The molecule has 0 heterocycles. The first kappa shape index (κ1) is 12.7. The number of nitriles is 1. The van der Waals surface area contributed by atoms with Gasteiger partial charge in [0.25, 0.3) is 0 Å². The van der Waals surface area contributed by atoms with Crippen LogP contribution in [0, 0.1) is 11.3 Å². The van der Waals surface area contributed by atoms with Crippen molar-refractivity contribution in [1.29, 1.82) is 5.26 Å². The van der Waals surface area contributed by atoms with Crippen molar-refractivity contribution in [2.24, 2.45) is 0 Å². The van der Waals surface area contributed by atoms with E-state index in [9.17, 15) is 0 Å². The molecule has 0 spiro atoms. The van der Waals surface area contributed by atoms with Gasteiger partial charge in [0.1, 0.15) is 0 Å². The Morgan fingerprint density at radius 3 is 3.00 bits per heavy atom. The van der Waals surface area contributed by atoms with Crippen LogP contribution in [0.25, 0.3) is 0 Å². The standard InChI is InChI=1S/C13H18N2O/c1-11(15-7-4-8-16-2)13-6-3-5-12(9-13)10-14/h3,5-6,9,11,15H,4,7-8H2,1-2H3. The predicted octanol–water partition coefficient (Wildman–Crippen LogP) is 2.25. The second kappa shape index (κ2) is 7.00. The predicted molar refractivity (Wildman–Crippen MR) is 64.1 cm³/mol. The van der Waals surface area contributed by atoms with Gasteiger partial charge in [-0.05, 0) is 37.6 Å². The van der Waals surface area contributed by atoms with Crippen molar-refractivity contribution in [3.63, 3.8) is 0 Å². The summed E-state index contributed by atoms with van der Waals surface area (Å²) >= 11 is 0. The summed E-state index contributed by atoms with van der Waals surface area (Å²) in [5.74, 6) is 0. The van der Waals surface area contributed by atoms with E-state index in [1.54, 1.807) is 7.11 Å². The molecule has 0 aliphatic carbocycles. The zero-order valence-corrected chi connectivity index (χ0v) is 9.86. The molecule has 0 fully saturated rings. The number of methoxy groups -OCH3 is 1. The summed E-state index contributed by atoms with van der Waals surface area (Å²) in [6.07, 6.45) is 0.999. The molecule has 86 valence electrons. The monoisotopic (exact) mass is 218 g/mol. The first-order valence-corrected chi connectivity index (χ1v) is 5.50. The molecule has 3 heteroatoms. The molecular formula is C13H18N2O. The zero-order valence-electron chi connectivity index (χ0n) is 9.86. The Bertz CT molecular complexity index is 357. The van der Waals surface area contributed by atoms with Crippen molar-refractivity contribution in [3.05, 3.63) is 35.4 Å². The first-order valence-electron chi connectivity index (χ1n) is 5.50. The minimum absolute atomic E-state index is 0.269. The Labute approximate surface area is 97.0 Å². The lowest BCUT2D eigenvalue weighted by atomic mass is 10.1. The van der Waals surface area contributed by atoms with Crippen LogP contribution in [0.1, 0.15) is 30.5 Å². The fraction of sp³-hybridized carbons (Fsp3) is 0.462. The Morgan fingerprint density at radius 2 is 2.31 bits per heavy atom. The third-order valence-corrected chi connectivity index (χ3v) is 2.49. The highest BCUT2D eigenvalue weighted by atomic mass is 16.5. The minimum Gasteiger partial charge on any atom is -0.385 e. The molecule has 0 saturated heterocycles. The maximum absolute atomic E-state index is 8.80. The van der Waals surface area contributed by atoms with Crippen LogP contribution >= 0.6 is 0 Å². The van der Waals surface area contributed by atoms with Gasteiger partial charge in [0, 0.05) is 19.8 Å². The van der Waals surface area contributed by atoms with Gasteiger partial charge in [-0.15, -0.1) is 0 Å². The van der Waals surface area contributed by atoms with Crippen molar-refractivity contribution in [2.45, 2.75) is 19.4 Å².